The number of methoxy groups -OCH3 is 1. The number of amides is 1. The van der Waals surface area contributed by atoms with Crippen molar-refractivity contribution >= 4 is 23.1 Å². The molecule has 1 N–H and O–H groups in total. The van der Waals surface area contributed by atoms with Crippen LogP contribution in [-0.2, 0) is 6.42 Å². The summed E-state index contributed by atoms with van der Waals surface area (Å²) in [6.45, 7) is 4.14. The van der Waals surface area contributed by atoms with Gasteiger partial charge in [0, 0.05) is 16.8 Å². The van der Waals surface area contributed by atoms with E-state index in [0.29, 0.717) is 11.3 Å². The van der Waals surface area contributed by atoms with E-state index in [2.05, 4.69) is 19.2 Å². The number of carbonyl (C=O) groups is 2. The third-order valence-electron chi connectivity index (χ3n) is 5.23. The van der Waals surface area contributed by atoms with Crippen molar-refractivity contribution < 1.29 is 18.7 Å². The number of anilines is 1. The summed E-state index contributed by atoms with van der Waals surface area (Å²) in [6, 6.07) is 16.0. The highest BCUT2D eigenvalue weighted by molar-refractivity contribution is 6.17. The molecule has 0 fully saturated rings. The summed E-state index contributed by atoms with van der Waals surface area (Å²) in [5.41, 5.74) is 3.78. The normalized spacial score (nSPS) is 14.4. The Morgan fingerprint density at radius 2 is 1.90 bits per heavy atom. The molecule has 6 heteroatoms. The van der Waals surface area contributed by atoms with Crippen LogP contribution in [0, 0.1) is 0 Å². The lowest BCUT2D eigenvalue weighted by atomic mass is 9.85. The molecule has 0 radical (unpaired) electrons. The third kappa shape index (κ3) is 4.58. The lowest BCUT2D eigenvalue weighted by Gasteiger charge is -2.29. The Balaban J connectivity index is 1.51. The molecule has 6 nitrogen and oxygen atoms in total. The van der Waals surface area contributed by atoms with Gasteiger partial charge in [0.15, 0.2) is 11.5 Å². The molecule has 4 rings (SSSR count). The van der Waals surface area contributed by atoms with Crippen LogP contribution in [0.15, 0.2) is 70.3 Å². The molecular formula is C25H24N2O4. The first-order valence-corrected chi connectivity index (χ1v) is 10.1. The van der Waals surface area contributed by atoms with Gasteiger partial charge in [-0.3, -0.25) is 14.6 Å². The number of furan rings is 1. The Labute approximate surface area is 181 Å². The smallest absolute Gasteiger partial charge is 0.291 e. The van der Waals surface area contributed by atoms with Gasteiger partial charge in [-0.1, -0.05) is 6.07 Å². The summed E-state index contributed by atoms with van der Waals surface area (Å²) in [6.07, 6.45) is 2.45. The van der Waals surface area contributed by atoms with E-state index < -0.39 is 0 Å². The van der Waals surface area contributed by atoms with Crippen LogP contribution in [0.25, 0.3) is 0 Å². The standard InChI is InChI=1S/C25H24N2O4/c1-25(2)15-17-8-11-19(30-3)13-20(17)21(27-25)14-22(28)16-6-9-18(10-7-16)26-24(29)23-5-4-12-31-23/h4-13H,14-15H2,1-3H3,(H,26,29). The lowest BCUT2D eigenvalue weighted by molar-refractivity contribution is 0.0991. The largest absolute Gasteiger partial charge is 0.497 e. The van der Waals surface area contributed by atoms with E-state index in [4.69, 9.17) is 14.1 Å². The van der Waals surface area contributed by atoms with E-state index >= 15 is 0 Å². The van der Waals surface area contributed by atoms with Gasteiger partial charge in [-0.05, 0) is 74.4 Å². The van der Waals surface area contributed by atoms with E-state index in [0.717, 1.165) is 23.4 Å². The quantitative estimate of drug-likeness (QED) is 0.577. The minimum Gasteiger partial charge on any atom is -0.497 e. The predicted molar refractivity (Wildman–Crippen MR) is 119 cm³/mol. The van der Waals surface area contributed by atoms with Crippen molar-refractivity contribution in [2.24, 2.45) is 4.99 Å². The number of nitrogens with zero attached hydrogens (tertiary/aromatic N) is 1. The summed E-state index contributed by atoms with van der Waals surface area (Å²) in [7, 11) is 1.63. The average molecular weight is 416 g/mol. The first kappa shape index (κ1) is 20.6. The second kappa shape index (κ2) is 8.22. The highest BCUT2D eigenvalue weighted by Gasteiger charge is 2.28. The van der Waals surface area contributed by atoms with Gasteiger partial charge in [0.1, 0.15) is 5.75 Å². The molecular weight excluding hydrogens is 392 g/mol. The molecule has 0 aliphatic carbocycles. The van der Waals surface area contributed by atoms with Gasteiger partial charge in [-0.15, -0.1) is 0 Å². The molecule has 0 bridgehead atoms. The molecule has 2 aromatic carbocycles. The van der Waals surface area contributed by atoms with Gasteiger partial charge in [0.25, 0.3) is 5.91 Å². The van der Waals surface area contributed by atoms with Crippen LogP contribution in [-0.4, -0.2) is 30.1 Å². The molecule has 0 spiro atoms. The van der Waals surface area contributed by atoms with Crippen LogP contribution in [0.2, 0.25) is 0 Å². The first-order valence-electron chi connectivity index (χ1n) is 10.1. The lowest BCUT2D eigenvalue weighted by Crippen LogP contribution is -2.30. The van der Waals surface area contributed by atoms with Crippen molar-refractivity contribution in [3.05, 3.63) is 83.3 Å². The number of hydrogen-bond donors (Lipinski definition) is 1. The number of aliphatic imine (C=N–C) groups is 1. The summed E-state index contributed by atoms with van der Waals surface area (Å²) in [5.74, 6) is 0.602. The van der Waals surface area contributed by atoms with Crippen LogP contribution in [0.4, 0.5) is 5.69 Å². The Bertz CT molecular complexity index is 1140. The first-order chi connectivity index (χ1) is 14.8. The molecule has 0 unspecified atom stereocenters. The molecule has 3 aromatic rings. The van der Waals surface area contributed by atoms with Gasteiger partial charge in [-0.25, -0.2) is 0 Å². The van der Waals surface area contributed by atoms with Crippen molar-refractivity contribution in [3.8, 4) is 5.75 Å². The van der Waals surface area contributed by atoms with Gasteiger partial charge in [0.05, 0.1) is 31.0 Å². The van der Waals surface area contributed by atoms with E-state index in [1.54, 1.807) is 43.5 Å². The van der Waals surface area contributed by atoms with E-state index in [-0.39, 0.29) is 29.4 Å². The summed E-state index contributed by atoms with van der Waals surface area (Å²) < 4.78 is 10.4. The second-order valence-electron chi connectivity index (χ2n) is 8.18. The maximum absolute atomic E-state index is 13.0. The number of nitrogens with one attached hydrogen (secondary N) is 1. The highest BCUT2D eigenvalue weighted by atomic mass is 16.5. The minimum atomic E-state index is -0.339. The average Bonchev–Trinajstić information content (AvgIpc) is 3.28. The maximum atomic E-state index is 13.0. The van der Waals surface area contributed by atoms with Crippen LogP contribution in [0.3, 0.4) is 0 Å². The molecule has 31 heavy (non-hydrogen) atoms. The monoisotopic (exact) mass is 416 g/mol. The molecule has 1 aromatic heterocycles. The number of carbonyl (C=O) groups excluding carboxylic acids is 2. The van der Waals surface area contributed by atoms with Gasteiger partial charge in [0.2, 0.25) is 0 Å². The topological polar surface area (TPSA) is 80.9 Å². The van der Waals surface area contributed by atoms with E-state index in [9.17, 15) is 9.59 Å². The van der Waals surface area contributed by atoms with Crippen LogP contribution < -0.4 is 10.1 Å². The van der Waals surface area contributed by atoms with Crippen molar-refractivity contribution in [3.63, 3.8) is 0 Å². The Hall–Kier alpha value is -3.67. The summed E-state index contributed by atoms with van der Waals surface area (Å²) in [5, 5.41) is 2.75. The Morgan fingerprint density at radius 3 is 2.58 bits per heavy atom. The predicted octanol–water partition coefficient (Wildman–Crippen LogP) is 4.94. The highest BCUT2D eigenvalue weighted by Crippen LogP contribution is 2.31. The molecule has 0 saturated heterocycles. The molecule has 1 amide bonds. The zero-order valence-electron chi connectivity index (χ0n) is 17.8. The Morgan fingerprint density at radius 1 is 1.13 bits per heavy atom. The van der Waals surface area contributed by atoms with Crippen LogP contribution in [0.5, 0.6) is 5.75 Å². The number of fused-ring (bicyclic) bond motifs is 1. The van der Waals surface area contributed by atoms with Crippen molar-refractivity contribution in [1.29, 1.82) is 0 Å². The number of rotatable bonds is 6. The van der Waals surface area contributed by atoms with E-state index in [1.165, 1.54) is 11.8 Å². The van der Waals surface area contributed by atoms with Crippen LogP contribution >= 0.6 is 0 Å². The Kier molecular flexibility index (Phi) is 5.46. The van der Waals surface area contributed by atoms with Gasteiger partial charge in [-0.2, -0.15) is 0 Å². The van der Waals surface area contributed by atoms with Crippen molar-refractivity contribution in [2.45, 2.75) is 32.2 Å². The zero-order valence-corrected chi connectivity index (χ0v) is 17.8. The molecule has 158 valence electrons. The second-order valence-corrected chi connectivity index (χ2v) is 8.18. The fraction of sp³-hybridized carbons (Fsp3) is 0.240. The SMILES string of the molecule is COc1ccc2c(c1)C(CC(=O)c1ccc(NC(=O)c3ccco3)cc1)=NC(C)(C)C2. The zero-order chi connectivity index (χ0) is 22.0. The number of Topliss-reactive ketones (excluding diaryl/α,β-unsaturated/α-hetero) is 1. The number of benzene rings is 2. The maximum Gasteiger partial charge on any atom is 0.291 e. The summed E-state index contributed by atoms with van der Waals surface area (Å²) in [4.78, 5) is 29.9. The molecule has 0 atom stereocenters. The van der Waals surface area contributed by atoms with Crippen LogP contribution in [0.1, 0.15) is 52.3 Å². The third-order valence-corrected chi connectivity index (χ3v) is 5.23. The van der Waals surface area contributed by atoms with Gasteiger partial charge < -0.3 is 14.5 Å². The summed E-state index contributed by atoms with van der Waals surface area (Å²) >= 11 is 0. The number of ether oxygens (including phenoxy) is 1. The molecule has 1 aliphatic heterocycles. The fourth-order valence-corrected chi connectivity index (χ4v) is 3.77. The van der Waals surface area contributed by atoms with E-state index in [1.807, 2.05) is 18.2 Å². The molecule has 0 saturated carbocycles. The number of ketones is 1. The number of hydrogen-bond acceptors (Lipinski definition) is 5. The van der Waals surface area contributed by atoms with Crippen molar-refractivity contribution in [2.75, 3.05) is 12.4 Å². The molecule has 1 aliphatic rings. The fourth-order valence-electron chi connectivity index (χ4n) is 3.77. The van der Waals surface area contributed by atoms with Gasteiger partial charge >= 0.3 is 0 Å². The minimum absolute atomic E-state index is 0.0332. The van der Waals surface area contributed by atoms with Crippen molar-refractivity contribution in [1.82, 2.24) is 0 Å². The molecule has 2 heterocycles.